The molecule has 37 valence electrons. The Kier molecular flexibility index (Phi) is 1.30. The molecule has 0 saturated heterocycles. The molecule has 0 aromatic carbocycles. The highest BCUT2D eigenvalue weighted by atomic mass is 35.5. The summed E-state index contributed by atoms with van der Waals surface area (Å²) in [5, 5.41) is 0. The van der Waals surface area contributed by atoms with Gasteiger partial charge in [-0.25, -0.2) is 4.98 Å². The summed E-state index contributed by atoms with van der Waals surface area (Å²) in [7, 11) is 0. The molecule has 0 N–H and O–H groups in total. The van der Waals surface area contributed by atoms with Gasteiger partial charge in [-0.1, -0.05) is 11.6 Å². The van der Waals surface area contributed by atoms with Gasteiger partial charge < -0.3 is 0 Å². The Bertz CT molecular complexity index is 144. The quantitative estimate of drug-likeness (QED) is 0.526. The summed E-state index contributed by atoms with van der Waals surface area (Å²) in [5.41, 5.74) is 2.34. The number of hydrogen-bond donors (Lipinski definition) is 0. The summed E-state index contributed by atoms with van der Waals surface area (Å²) in [5.74, 6) is 0. The van der Waals surface area contributed by atoms with Gasteiger partial charge in [0, 0.05) is 0 Å². The number of aromatic nitrogens is 1. The Hall–Kier alpha value is -0.0800. The normalized spacial score (nSPS) is 9.43. The summed E-state index contributed by atoms with van der Waals surface area (Å²) >= 11 is 6.91. The molecule has 1 heterocycles. The molecule has 0 aliphatic heterocycles. The molecule has 7 heavy (non-hydrogen) atoms. The highest BCUT2D eigenvalue weighted by Gasteiger charge is 1.92. The van der Waals surface area contributed by atoms with Crippen LogP contribution in [0.2, 0.25) is 4.34 Å². The third-order valence-corrected chi connectivity index (χ3v) is 1.73. The second kappa shape index (κ2) is 1.80. The van der Waals surface area contributed by atoms with Crippen LogP contribution in [0.15, 0.2) is 5.51 Å². The van der Waals surface area contributed by atoms with Crippen LogP contribution >= 0.6 is 22.9 Å². The molecular weight excluding hydrogens is 130 g/mol. The van der Waals surface area contributed by atoms with Crippen molar-refractivity contribution in [2.75, 3.05) is 0 Å². The fraction of sp³-hybridized carbons (Fsp3) is 0. The summed E-state index contributed by atoms with van der Waals surface area (Å²) in [6.45, 7) is 3.55. The Balaban J connectivity index is 3.12. The maximum Gasteiger partial charge on any atom is 0.116 e. The lowest BCUT2D eigenvalue weighted by Crippen LogP contribution is -1.63. The van der Waals surface area contributed by atoms with Gasteiger partial charge in [0.05, 0.1) is 11.2 Å². The molecule has 1 aromatic rings. The van der Waals surface area contributed by atoms with Gasteiger partial charge in [-0.3, -0.25) is 0 Å². The second-order valence-corrected chi connectivity index (χ2v) is 2.53. The standard InChI is InChI=1S/C4H3ClNS/c1-3-4(5)7-2-6-3/h2H,1H2. The first-order valence-corrected chi connectivity index (χ1v) is 2.97. The first-order valence-electron chi connectivity index (χ1n) is 1.71. The van der Waals surface area contributed by atoms with Crippen LogP contribution in [0, 0.1) is 6.92 Å². The molecule has 1 nitrogen and oxygen atoms in total. The van der Waals surface area contributed by atoms with Crippen LogP contribution in [0.3, 0.4) is 0 Å². The van der Waals surface area contributed by atoms with Crippen LogP contribution < -0.4 is 0 Å². The van der Waals surface area contributed by atoms with Crippen molar-refractivity contribution in [3.63, 3.8) is 0 Å². The number of hydrogen-bond acceptors (Lipinski definition) is 2. The predicted molar refractivity (Wildman–Crippen MR) is 31.6 cm³/mol. The lowest BCUT2D eigenvalue weighted by atomic mass is 10.6. The fourth-order valence-corrected chi connectivity index (χ4v) is 0.885. The van der Waals surface area contributed by atoms with Crippen molar-refractivity contribution in [3.05, 3.63) is 22.5 Å². The third-order valence-electron chi connectivity index (χ3n) is 0.592. The van der Waals surface area contributed by atoms with E-state index in [2.05, 4.69) is 11.9 Å². The van der Waals surface area contributed by atoms with Gasteiger partial charge in [0.25, 0.3) is 0 Å². The van der Waals surface area contributed by atoms with E-state index in [1.54, 1.807) is 5.51 Å². The number of rotatable bonds is 0. The van der Waals surface area contributed by atoms with E-state index in [1.165, 1.54) is 11.3 Å². The van der Waals surface area contributed by atoms with Crippen molar-refractivity contribution in [1.29, 1.82) is 0 Å². The summed E-state index contributed by atoms with van der Waals surface area (Å²) in [6.07, 6.45) is 0. The van der Waals surface area contributed by atoms with E-state index >= 15 is 0 Å². The van der Waals surface area contributed by atoms with E-state index < -0.39 is 0 Å². The Morgan fingerprint density at radius 2 is 2.57 bits per heavy atom. The topological polar surface area (TPSA) is 12.9 Å². The van der Waals surface area contributed by atoms with Crippen LogP contribution in [0.4, 0.5) is 0 Å². The van der Waals surface area contributed by atoms with Crippen molar-refractivity contribution in [2.24, 2.45) is 0 Å². The average molecular weight is 133 g/mol. The molecule has 1 radical (unpaired) electrons. The summed E-state index contributed by atoms with van der Waals surface area (Å²) in [4.78, 5) is 3.79. The second-order valence-electron chi connectivity index (χ2n) is 1.07. The molecule has 0 aliphatic rings. The minimum atomic E-state index is 0.673. The van der Waals surface area contributed by atoms with Crippen molar-refractivity contribution in [3.8, 4) is 0 Å². The number of thiazole rings is 1. The maximum atomic E-state index is 5.52. The van der Waals surface area contributed by atoms with Gasteiger partial charge in [-0.2, -0.15) is 0 Å². The molecular formula is C4H3ClNS. The summed E-state index contributed by atoms with van der Waals surface area (Å²) in [6, 6.07) is 0. The van der Waals surface area contributed by atoms with Crippen LogP contribution in [-0.4, -0.2) is 4.98 Å². The molecule has 0 atom stereocenters. The number of halogens is 1. The molecule has 0 saturated carbocycles. The van der Waals surface area contributed by atoms with Gasteiger partial charge in [0.2, 0.25) is 0 Å². The molecule has 1 rings (SSSR count). The van der Waals surface area contributed by atoms with Crippen molar-refractivity contribution < 1.29 is 0 Å². The minimum Gasteiger partial charge on any atom is -0.248 e. The zero-order valence-electron chi connectivity index (χ0n) is 3.52. The van der Waals surface area contributed by atoms with Gasteiger partial charge in [0.1, 0.15) is 4.34 Å². The Labute approximate surface area is 51.0 Å². The molecule has 0 bridgehead atoms. The predicted octanol–water partition coefficient (Wildman–Crippen LogP) is 1.98. The zero-order valence-corrected chi connectivity index (χ0v) is 5.09. The van der Waals surface area contributed by atoms with E-state index in [9.17, 15) is 0 Å². The SMILES string of the molecule is [CH2]c1ncsc1Cl. The van der Waals surface area contributed by atoms with E-state index in [-0.39, 0.29) is 0 Å². The average Bonchev–Trinajstić information content (AvgIpc) is 1.91. The van der Waals surface area contributed by atoms with Gasteiger partial charge >= 0.3 is 0 Å². The molecule has 0 spiro atoms. The molecule has 0 fully saturated rings. The number of nitrogens with zero attached hydrogens (tertiary/aromatic N) is 1. The van der Waals surface area contributed by atoms with Gasteiger partial charge in [0.15, 0.2) is 0 Å². The highest BCUT2D eigenvalue weighted by Crippen LogP contribution is 2.17. The largest absolute Gasteiger partial charge is 0.248 e. The van der Waals surface area contributed by atoms with Gasteiger partial charge in [-0.15, -0.1) is 11.3 Å². The monoisotopic (exact) mass is 132 g/mol. The third kappa shape index (κ3) is 0.924. The van der Waals surface area contributed by atoms with E-state index in [0.29, 0.717) is 10.0 Å². The van der Waals surface area contributed by atoms with Crippen molar-refractivity contribution in [1.82, 2.24) is 4.98 Å². The summed E-state index contributed by atoms with van der Waals surface area (Å²) < 4.78 is 0.681. The van der Waals surface area contributed by atoms with E-state index in [0.717, 1.165) is 0 Å². The molecule has 0 unspecified atom stereocenters. The minimum absolute atomic E-state index is 0.673. The van der Waals surface area contributed by atoms with Crippen LogP contribution in [0.1, 0.15) is 5.69 Å². The molecule has 0 amide bonds. The lowest BCUT2D eigenvalue weighted by Gasteiger charge is -1.74. The molecule has 0 aliphatic carbocycles. The fourth-order valence-electron chi connectivity index (χ4n) is 0.255. The first-order chi connectivity index (χ1) is 3.30. The van der Waals surface area contributed by atoms with Crippen molar-refractivity contribution >= 4 is 22.9 Å². The molecule has 1 aromatic heterocycles. The molecule has 3 heteroatoms. The van der Waals surface area contributed by atoms with Crippen LogP contribution in [-0.2, 0) is 0 Å². The Morgan fingerprint density at radius 1 is 1.86 bits per heavy atom. The van der Waals surface area contributed by atoms with Crippen molar-refractivity contribution in [2.45, 2.75) is 0 Å². The zero-order chi connectivity index (χ0) is 5.28. The van der Waals surface area contributed by atoms with Crippen LogP contribution in [0.25, 0.3) is 0 Å². The first kappa shape index (κ1) is 5.06. The highest BCUT2D eigenvalue weighted by molar-refractivity contribution is 7.14. The Morgan fingerprint density at radius 3 is 2.71 bits per heavy atom. The van der Waals surface area contributed by atoms with Gasteiger partial charge in [-0.05, 0) is 6.92 Å². The van der Waals surface area contributed by atoms with E-state index in [4.69, 9.17) is 11.6 Å². The van der Waals surface area contributed by atoms with E-state index in [1.807, 2.05) is 0 Å². The smallest absolute Gasteiger partial charge is 0.116 e. The van der Waals surface area contributed by atoms with Crippen LogP contribution in [0.5, 0.6) is 0 Å². The lowest BCUT2D eigenvalue weighted by molar-refractivity contribution is 1.35. The maximum absolute atomic E-state index is 5.52.